The Bertz CT molecular complexity index is 655. The fraction of sp³-hybridized carbons (Fsp3) is 0.308. The maximum atomic E-state index is 11.3. The SMILES string of the molecule is Cc1nccn1-c1ccc(C2=NNC(=O)CC2C)s1. The molecule has 2 aromatic rings. The van der Waals surface area contributed by atoms with Gasteiger partial charge in [-0.15, -0.1) is 11.3 Å². The average molecular weight is 274 g/mol. The van der Waals surface area contributed by atoms with Gasteiger partial charge in [0.15, 0.2) is 0 Å². The van der Waals surface area contributed by atoms with Crippen molar-refractivity contribution in [1.82, 2.24) is 15.0 Å². The Kier molecular flexibility index (Phi) is 2.94. The zero-order valence-corrected chi connectivity index (χ0v) is 11.6. The third-order valence-electron chi connectivity index (χ3n) is 3.17. The molecule has 0 aromatic carbocycles. The highest BCUT2D eigenvalue weighted by atomic mass is 32.1. The molecule has 1 unspecified atom stereocenters. The van der Waals surface area contributed by atoms with Gasteiger partial charge < -0.3 is 0 Å². The number of hydrogen-bond acceptors (Lipinski definition) is 4. The van der Waals surface area contributed by atoms with Crippen molar-refractivity contribution in [1.29, 1.82) is 0 Å². The van der Waals surface area contributed by atoms with Crippen LogP contribution in [-0.2, 0) is 4.79 Å². The summed E-state index contributed by atoms with van der Waals surface area (Å²) >= 11 is 1.66. The quantitative estimate of drug-likeness (QED) is 0.911. The minimum absolute atomic E-state index is 0.0153. The number of nitrogens with one attached hydrogen (secondary N) is 1. The molecular formula is C13H14N4OS. The highest BCUT2D eigenvalue weighted by Gasteiger charge is 2.22. The largest absolute Gasteiger partial charge is 0.295 e. The first-order chi connectivity index (χ1) is 9.15. The lowest BCUT2D eigenvalue weighted by molar-refractivity contribution is -0.121. The third kappa shape index (κ3) is 2.19. The molecule has 0 bridgehead atoms. The van der Waals surface area contributed by atoms with Gasteiger partial charge in [-0.05, 0) is 19.1 Å². The van der Waals surface area contributed by atoms with Crippen LogP contribution in [0.5, 0.6) is 0 Å². The molecule has 1 atom stereocenters. The topological polar surface area (TPSA) is 59.3 Å². The van der Waals surface area contributed by atoms with Gasteiger partial charge in [0.05, 0.1) is 10.6 Å². The van der Waals surface area contributed by atoms with E-state index in [9.17, 15) is 4.79 Å². The van der Waals surface area contributed by atoms with Crippen LogP contribution in [-0.4, -0.2) is 21.2 Å². The molecule has 0 saturated heterocycles. The highest BCUT2D eigenvalue weighted by molar-refractivity contribution is 7.16. The first-order valence-corrected chi connectivity index (χ1v) is 6.94. The third-order valence-corrected chi connectivity index (χ3v) is 4.27. The number of aryl methyl sites for hydroxylation is 1. The normalized spacial score (nSPS) is 19.2. The minimum Gasteiger partial charge on any atom is -0.295 e. The van der Waals surface area contributed by atoms with E-state index in [0.717, 1.165) is 21.4 Å². The molecular weight excluding hydrogens is 260 g/mol. The van der Waals surface area contributed by atoms with Gasteiger partial charge in [-0.3, -0.25) is 9.36 Å². The van der Waals surface area contributed by atoms with E-state index in [-0.39, 0.29) is 11.8 Å². The summed E-state index contributed by atoms with van der Waals surface area (Å²) in [6, 6.07) is 4.10. The predicted molar refractivity (Wildman–Crippen MR) is 74.6 cm³/mol. The van der Waals surface area contributed by atoms with E-state index in [0.29, 0.717) is 6.42 Å². The van der Waals surface area contributed by atoms with Gasteiger partial charge in [0.2, 0.25) is 5.91 Å². The lowest BCUT2D eigenvalue weighted by Gasteiger charge is -2.17. The molecule has 2 aromatic heterocycles. The molecule has 1 aliphatic rings. The van der Waals surface area contributed by atoms with Crippen molar-refractivity contribution in [2.75, 3.05) is 0 Å². The molecule has 1 aliphatic heterocycles. The summed E-state index contributed by atoms with van der Waals surface area (Å²) in [5.74, 6) is 1.10. The first-order valence-electron chi connectivity index (χ1n) is 6.12. The molecule has 0 saturated carbocycles. The molecule has 3 rings (SSSR count). The number of carbonyl (C=O) groups is 1. The van der Waals surface area contributed by atoms with Crippen LogP contribution in [0.4, 0.5) is 0 Å². The summed E-state index contributed by atoms with van der Waals surface area (Å²) in [6.07, 6.45) is 4.23. The van der Waals surface area contributed by atoms with E-state index in [1.165, 1.54) is 0 Å². The van der Waals surface area contributed by atoms with E-state index in [2.05, 4.69) is 21.6 Å². The van der Waals surface area contributed by atoms with Gasteiger partial charge in [-0.25, -0.2) is 10.4 Å². The monoisotopic (exact) mass is 274 g/mol. The molecule has 5 nitrogen and oxygen atoms in total. The Morgan fingerprint density at radius 2 is 2.32 bits per heavy atom. The number of rotatable bonds is 2. The van der Waals surface area contributed by atoms with Crippen molar-refractivity contribution >= 4 is 23.0 Å². The lowest BCUT2D eigenvalue weighted by Crippen LogP contribution is -2.31. The average Bonchev–Trinajstić information content (AvgIpc) is 2.97. The first kappa shape index (κ1) is 12.1. The predicted octanol–water partition coefficient (Wildman–Crippen LogP) is 2.10. The Hall–Kier alpha value is -1.95. The summed E-state index contributed by atoms with van der Waals surface area (Å²) in [7, 11) is 0. The highest BCUT2D eigenvalue weighted by Crippen LogP contribution is 2.26. The zero-order valence-electron chi connectivity index (χ0n) is 10.8. The Balaban J connectivity index is 1.94. The molecule has 0 radical (unpaired) electrons. The van der Waals surface area contributed by atoms with Crippen molar-refractivity contribution < 1.29 is 4.79 Å². The Morgan fingerprint density at radius 3 is 3.00 bits per heavy atom. The van der Waals surface area contributed by atoms with Crippen molar-refractivity contribution in [3.8, 4) is 5.00 Å². The number of aromatic nitrogens is 2. The van der Waals surface area contributed by atoms with E-state index in [4.69, 9.17) is 0 Å². The van der Waals surface area contributed by atoms with Gasteiger partial charge in [0.25, 0.3) is 0 Å². The summed E-state index contributed by atoms with van der Waals surface area (Å²) in [4.78, 5) is 16.6. The number of hydrazone groups is 1. The number of carbonyl (C=O) groups excluding carboxylic acids is 1. The van der Waals surface area contributed by atoms with Crippen LogP contribution in [0.25, 0.3) is 5.00 Å². The Morgan fingerprint density at radius 1 is 1.47 bits per heavy atom. The maximum absolute atomic E-state index is 11.3. The van der Waals surface area contributed by atoms with E-state index < -0.39 is 0 Å². The van der Waals surface area contributed by atoms with E-state index >= 15 is 0 Å². The maximum Gasteiger partial charge on any atom is 0.240 e. The minimum atomic E-state index is -0.0153. The van der Waals surface area contributed by atoms with Crippen LogP contribution in [0, 0.1) is 12.8 Å². The fourth-order valence-corrected chi connectivity index (χ4v) is 3.30. The van der Waals surface area contributed by atoms with E-state index in [1.54, 1.807) is 17.5 Å². The summed E-state index contributed by atoms with van der Waals surface area (Å²) in [5.41, 5.74) is 3.51. The van der Waals surface area contributed by atoms with Crippen molar-refractivity contribution in [3.05, 3.63) is 35.2 Å². The van der Waals surface area contributed by atoms with E-state index in [1.807, 2.05) is 30.7 Å². The molecule has 0 aliphatic carbocycles. The van der Waals surface area contributed by atoms with Gasteiger partial charge in [0, 0.05) is 24.7 Å². The smallest absolute Gasteiger partial charge is 0.240 e. The van der Waals surface area contributed by atoms with Crippen LogP contribution < -0.4 is 5.43 Å². The molecule has 6 heteroatoms. The number of hydrogen-bond donors (Lipinski definition) is 1. The molecule has 0 spiro atoms. The number of nitrogens with zero attached hydrogens (tertiary/aromatic N) is 3. The molecule has 19 heavy (non-hydrogen) atoms. The number of amides is 1. The van der Waals surface area contributed by atoms with Crippen molar-refractivity contribution in [3.63, 3.8) is 0 Å². The van der Waals surface area contributed by atoms with Crippen LogP contribution >= 0.6 is 11.3 Å². The van der Waals surface area contributed by atoms with Crippen molar-refractivity contribution in [2.24, 2.45) is 11.0 Å². The Labute approximate surface area is 115 Å². The lowest BCUT2D eigenvalue weighted by atomic mass is 9.99. The van der Waals surface area contributed by atoms with Gasteiger partial charge in [-0.1, -0.05) is 6.92 Å². The van der Waals surface area contributed by atoms with Crippen LogP contribution in [0.2, 0.25) is 0 Å². The van der Waals surface area contributed by atoms with Gasteiger partial charge >= 0.3 is 0 Å². The molecule has 0 fully saturated rings. The summed E-state index contributed by atoms with van der Waals surface area (Å²) < 4.78 is 2.04. The second-order valence-electron chi connectivity index (χ2n) is 4.62. The van der Waals surface area contributed by atoms with Crippen molar-refractivity contribution in [2.45, 2.75) is 20.3 Å². The second kappa shape index (κ2) is 4.62. The second-order valence-corrected chi connectivity index (χ2v) is 5.68. The van der Waals surface area contributed by atoms with Gasteiger partial charge in [-0.2, -0.15) is 5.10 Å². The standard InChI is InChI=1S/C13H14N4OS/c1-8-7-11(18)15-16-13(8)10-3-4-12(19-10)17-6-5-14-9(17)2/h3-6,8H,7H2,1-2H3,(H,15,18). The summed E-state index contributed by atoms with van der Waals surface area (Å²) in [6.45, 7) is 4.00. The zero-order chi connectivity index (χ0) is 13.4. The number of imidazole rings is 1. The fourth-order valence-electron chi connectivity index (χ4n) is 2.16. The molecule has 1 amide bonds. The molecule has 98 valence electrons. The van der Waals surface area contributed by atoms with Gasteiger partial charge in [0.1, 0.15) is 10.8 Å². The van der Waals surface area contributed by atoms with Crippen LogP contribution in [0.1, 0.15) is 24.0 Å². The molecule has 3 heterocycles. The number of thiophene rings is 1. The van der Waals surface area contributed by atoms with Crippen LogP contribution in [0.15, 0.2) is 29.6 Å². The summed E-state index contributed by atoms with van der Waals surface area (Å²) in [5, 5.41) is 5.29. The van der Waals surface area contributed by atoms with Crippen LogP contribution in [0.3, 0.4) is 0 Å². The molecule has 1 N–H and O–H groups in total.